The van der Waals surface area contributed by atoms with Crippen LogP contribution in [0, 0.1) is 0 Å². The minimum absolute atomic E-state index is 0.191. The molecule has 4 rings (SSSR count). The average Bonchev–Trinajstić information content (AvgIpc) is 2.92. The van der Waals surface area contributed by atoms with Crippen molar-refractivity contribution in [3.63, 3.8) is 0 Å². The van der Waals surface area contributed by atoms with Crippen molar-refractivity contribution in [3.8, 4) is 0 Å². The fraction of sp³-hybridized carbons (Fsp3) is 0.100. The minimum Gasteiger partial charge on any atom is -0.348 e. The van der Waals surface area contributed by atoms with Gasteiger partial charge in [0.05, 0.1) is 29.0 Å². The normalized spacial score (nSPS) is 10.4. The molecule has 0 aliphatic heterocycles. The SMILES string of the molecule is CC(=O)N(Cc1ccc(Br)cc1)c1ccccc1C(=O)Nc1ccccc1C(=O)NCc1ccccc1. The summed E-state index contributed by atoms with van der Waals surface area (Å²) in [6.07, 6.45) is 0. The van der Waals surface area contributed by atoms with Gasteiger partial charge in [-0.3, -0.25) is 14.4 Å². The highest BCUT2D eigenvalue weighted by molar-refractivity contribution is 9.10. The summed E-state index contributed by atoms with van der Waals surface area (Å²) in [6, 6.07) is 31.1. The van der Waals surface area contributed by atoms with E-state index in [2.05, 4.69) is 26.6 Å². The molecule has 0 aliphatic rings. The number of carbonyl (C=O) groups excluding carboxylic acids is 3. The van der Waals surface area contributed by atoms with Crippen LogP contribution in [0.15, 0.2) is 108 Å². The van der Waals surface area contributed by atoms with E-state index >= 15 is 0 Å². The van der Waals surface area contributed by atoms with E-state index in [9.17, 15) is 14.4 Å². The number of hydrogen-bond acceptors (Lipinski definition) is 3. The van der Waals surface area contributed by atoms with Gasteiger partial charge in [0.2, 0.25) is 5.91 Å². The Kier molecular flexibility index (Phi) is 8.48. The Bertz CT molecular complexity index is 1410. The lowest BCUT2D eigenvalue weighted by molar-refractivity contribution is -0.116. The molecule has 186 valence electrons. The van der Waals surface area contributed by atoms with Crippen molar-refractivity contribution in [2.24, 2.45) is 0 Å². The number of benzene rings is 4. The molecule has 0 spiro atoms. The number of para-hydroxylation sites is 2. The molecular formula is C30H26BrN3O3. The third kappa shape index (κ3) is 6.71. The largest absolute Gasteiger partial charge is 0.348 e. The van der Waals surface area contributed by atoms with E-state index in [1.165, 1.54) is 6.92 Å². The number of halogens is 1. The maximum Gasteiger partial charge on any atom is 0.257 e. The van der Waals surface area contributed by atoms with Crippen molar-refractivity contribution in [1.82, 2.24) is 5.32 Å². The average molecular weight is 556 g/mol. The van der Waals surface area contributed by atoms with Crippen LogP contribution in [0.3, 0.4) is 0 Å². The molecule has 37 heavy (non-hydrogen) atoms. The van der Waals surface area contributed by atoms with E-state index in [4.69, 9.17) is 0 Å². The summed E-state index contributed by atoms with van der Waals surface area (Å²) < 4.78 is 0.942. The summed E-state index contributed by atoms with van der Waals surface area (Å²) >= 11 is 3.42. The first-order valence-electron chi connectivity index (χ1n) is 11.8. The van der Waals surface area contributed by atoms with E-state index in [1.54, 1.807) is 53.4 Å². The number of carbonyl (C=O) groups is 3. The summed E-state index contributed by atoms with van der Waals surface area (Å²) in [5.41, 5.74) is 3.45. The Labute approximate surface area is 224 Å². The fourth-order valence-electron chi connectivity index (χ4n) is 3.89. The van der Waals surface area contributed by atoms with Crippen LogP contribution < -0.4 is 15.5 Å². The smallest absolute Gasteiger partial charge is 0.257 e. The Hall–Kier alpha value is -4.23. The van der Waals surface area contributed by atoms with Crippen LogP contribution >= 0.6 is 15.9 Å². The second-order valence-corrected chi connectivity index (χ2v) is 9.33. The molecule has 7 heteroatoms. The number of hydrogen-bond donors (Lipinski definition) is 2. The molecule has 0 aliphatic carbocycles. The molecule has 0 radical (unpaired) electrons. The van der Waals surface area contributed by atoms with Crippen molar-refractivity contribution in [2.45, 2.75) is 20.0 Å². The lowest BCUT2D eigenvalue weighted by Crippen LogP contribution is -2.30. The van der Waals surface area contributed by atoms with Gasteiger partial charge in [-0.1, -0.05) is 82.7 Å². The van der Waals surface area contributed by atoms with Gasteiger partial charge >= 0.3 is 0 Å². The van der Waals surface area contributed by atoms with Crippen molar-refractivity contribution in [3.05, 3.63) is 130 Å². The maximum absolute atomic E-state index is 13.4. The van der Waals surface area contributed by atoms with E-state index in [-0.39, 0.29) is 11.8 Å². The van der Waals surface area contributed by atoms with Crippen LogP contribution in [-0.2, 0) is 17.9 Å². The topological polar surface area (TPSA) is 78.5 Å². The van der Waals surface area contributed by atoms with E-state index in [1.807, 2.05) is 54.6 Å². The molecule has 0 saturated heterocycles. The van der Waals surface area contributed by atoms with Crippen molar-refractivity contribution in [2.75, 3.05) is 10.2 Å². The monoisotopic (exact) mass is 555 g/mol. The van der Waals surface area contributed by atoms with Crippen molar-refractivity contribution in [1.29, 1.82) is 0 Å². The molecule has 2 N–H and O–H groups in total. The molecule has 3 amide bonds. The van der Waals surface area contributed by atoms with Gasteiger partial charge in [0, 0.05) is 17.9 Å². The van der Waals surface area contributed by atoms with Crippen LogP contribution in [0.2, 0.25) is 0 Å². The molecule has 4 aromatic rings. The zero-order valence-electron chi connectivity index (χ0n) is 20.3. The van der Waals surface area contributed by atoms with Gasteiger partial charge in [-0.15, -0.1) is 0 Å². The Morgan fingerprint density at radius 2 is 1.32 bits per heavy atom. The van der Waals surface area contributed by atoms with Crippen LogP contribution in [0.1, 0.15) is 38.8 Å². The number of nitrogens with one attached hydrogen (secondary N) is 2. The summed E-state index contributed by atoms with van der Waals surface area (Å²) in [4.78, 5) is 40.5. The van der Waals surface area contributed by atoms with Crippen LogP contribution in [-0.4, -0.2) is 17.7 Å². The van der Waals surface area contributed by atoms with E-state index in [0.29, 0.717) is 35.6 Å². The Morgan fingerprint density at radius 3 is 2.03 bits per heavy atom. The summed E-state index contributed by atoms with van der Waals surface area (Å²) in [5.74, 6) is -0.904. The first-order chi connectivity index (χ1) is 17.9. The lowest BCUT2D eigenvalue weighted by atomic mass is 10.1. The second kappa shape index (κ2) is 12.1. The number of anilines is 2. The molecule has 6 nitrogen and oxygen atoms in total. The molecule has 0 bridgehead atoms. The molecular weight excluding hydrogens is 530 g/mol. The summed E-state index contributed by atoms with van der Waals surface area (Å²) in [5, 5.41) is 5.77. The standard InChI is InChI=1S/C30H26BrN3O3/c1-21(35)34(20-23-15-17-24(31)18-16-23)28-14-8-6-12-26(28)30(37)33-27-13-7-5-11-25(27)29(36)32-19-22-9-3-2-4-10-22/h2-18H,19-20H2,1H3,(H,32,36)(H,33,37). The maximum atomic E-state index is 13.4. The van der Waals surface area contributed by atoms with Gasteiger partial charge < -0.3 is 15.5 Å². The third-order valence-electron chi connectivity index (χ3n) is 5.79. The predicted octanol–water partition coefficient (Wildman–Crippen LogP) is 6.18. The molecule has 0 fully saturated rings. The van der Waals surface area contributed by atoms with Gasteiger partial charge in [-0.2, -0.15) is 0 Å². The summed E-state index contributed by atoms with van der Waals surface area (Å²) in [6.45, 7) is 2.15. The fourth-order valence-corrected chi connectivity index (χ4v) is 4.16. The molecule has 0 saturated carbocycles. The Balaban J connectivity index is 1.55. The number of amides is 3. The van der Waals surface area contributed by atoms with Gasteiger partial charge in [0.15, 0.2) is 0 Å². The van der Waals surface area contributed by atoms with E-state index in [0.717, 1.165) is 15.6 Å². The van der Waals surface area contributed by atoms with Gasteiger partial charge in [0.1, 0.15) is 0 Å². The molecule has 0 unspecified atom stereocenters. The van der Waals surface area contributed by atoms with Crippen LogP contribution in [0.5, 0.6) is 0 Å². The van der Waals surface area contributed by atoms with E-state index < -0.39 is 5.91 Å². The number of nitrogens with zero attached hydrogens (tertiary/aromatic N) is 1. The molecule has 0 aromatic heterocycles. The zero-order chi connectivity index (χ0) is 26.2. The summed E-state index contributed by atoms with van der Waals surface area (Å²) in [7, 11) is 0. The zero-order valence-corrected chi connectivity index (χ0v) is 21.9. The van der Waals surface area contributed by atoms with Gasteiger partial charge in [-0.25, -0.2) is 0 Å². The quantitative estimate of drug-likeness (QED) is 0.272. The first kappa shape index (κ1) is 25.9. The third-order valence-corrected chi connectivity index (χ3v) is 6.32. The first-order valence-corrected chi connectivity index (χ1v) is 12.6. The van der Waals surface area contributed by atoms with Gasteiger partial charge in [0.25, 0.3) is 11.8 Å². The van der Waals surface area contributed by atoms with Crippen LogP contribution in [0.25, 0.3) is 0 Å². The van der Waals surface area contributed by atoms with Crippen molar-refractivity contribution >= 4 is 45.0 Å². The minimum atomic E-state index is -0.416. The highest BCUT2D eigenvalue weighted by Crippen LogP contribution is 2.25. The molecule has 4 aromatic carbocycles. The highest BCUT2D eigenvalue weighted by Gasteiger charge is 2.21. The molecule has 0 heterocycles. The lowest BCUT2D eigenvalue weighted by Gasteiger charge is -2.24. The highest BCUT2D eigenvalue weighted by atomic mass is 79.9. The van der Waals surface area contributed by atoms with Crippen molar-refractivity contribution < 1.29 is 14.4 Å². The predicted molar refractivity (Wildman–Crippen MR) is 149 cm³/mol. The van der Waals surface area contributed by atoms with Gasteiger partial charge in [-0.05, 0) is 47.5 Å². The second-order valence-electron chi connectivity index (χ2n) is 8.42. The van der Waals surface area contributed by atoms with Crippen LogP contribution in [0.4, 0.5) is 11.4 Å². The number of rotatable bonds is 8. The Morgan fingerprint density at radius 1 is 0.703 bits per heavy atom. The molecule has 0 atom stereocenters.